The second-order valence-corrected chi connectivity index (χ2v) is 5.38. The number of hydrogen-bond donors (Lipinski definition) is 2. The first kappa shape index (κ1) is 17.2. The molecule has 0 atom stereocenters. The Kier molecular flexibility index (Phi) is 5.28. The quantitative estimate of drug-likeness (QED) is 0.712. The monoisotopic (exact) mass is 351 g/mol. The SMILES string of the molecule is COc1cc(NC(=O)CNC(=O)c2ccccc2)ccc1-c1cnco1. The Morgan fingerprint density at radius 1 is 1.15 bits per heavy atom. The summed E-state index contributed by atoms with van der Waals surface area (Å²) >= 11 is 0. The number of anilines is 1. The lowest BCUT2D eigenvalue weighted by Gasteiger charge is -2.10. The molecule has 26 heavy (non-hydrogen) atoms. The largest absolute Gasteiger partial charge is 0.496 e. The minimum absolute atomic E-state index is 0.139. The van der Waals surface area contributed by atoms with Crippen LogP contribution in [0.2, 0.25) is 0 Å². The fourth-order valence-corrected chi connectivity index (χ4v) is 2.38. The van der Waals surface area contributed by atoms with Gasteiger partial charge in [-0.2, -0.15) is 0 Å². The van der Waals surface area contributed by atoms with Crippen molar-refractivity contribution in [3.8, 4) is 17.1 Å². The predicted molar refractivity (Wildman–Crippen MR) is 95.9 cm³/mol. The Morgan fingerprint density at radius 3 is 2.65 bits per heavy atom. The summed E-state index contributed by atoms with van der Waals surface area (Å²) < 4.78 is 10.6. The van der Waals surface area contributed by atoms with Gasteiger partial charge in [0.25, 0.3) is 5.91 Å². The van der Waals surface area contributed by atoms with Gasteiger partial charge in [-0.15, -0.1) is 0 Å². The molecule has 0 bridgehead atoms. The smallest absolute Gasteiger partial charge is 0.251 e. The molecule has 0 unspecified atom stereocenters. The van der Waals surface area contributed by atoms with E-state index in [-0.39, 0.29) is 18.4 Å². The van der Waals surface area contributed by atoms with Crippen LogP contribution in [0.1, 0.15) is 10.4 Å². The third-order valence-electron chi connectivity index (χ3n) is 3.63. The molecule has 3 rings (SSSR count). The number of rotatable bonds is 6. The number of methoxy groups -OCH3 is 1. The number of carbonyl (C=O) groups excluding carboxylic acids is 2. The molecule has 0 aliphatic carbocycles. The Bertz CT molecular complexity index is 892. The van der Waals surface area contributed by atoms with Crippen molar-refractivity contribution in [2.45, 2.75) is 0 Å². The summed E-state index contributed by atoms with van der Waals surface area (Å²) in [7, 11) is 1.53. The summed E-state index contributed by atoms with van der Waals surface area (Å²) in [4.78, 5) is 27.9. The molecule has 0 radical (unpaired) electrons. The molecule has 3 aromatic rings. The number of hydrogen-bond acceptors (Lipinski definition) is 5. The molecule has 0 aliphatic rings. The summed E-state index contributed by atoms with van der Waals surface area (Å²) in [5, 5.41) is 5.29. The van der Waals surface area contributed by atoms with Crippen LogP contribution in [0.3, 0.4) is 0 Å². The van der Waals surface area contributed by atoms with Crippen molar-refractivity contribution < 1.29 is 18.7 Å². The molecule has 7 heteroatoms. The highest BCUT2D eigenvalue weighted by Crippen LogP contribution is 2.32. The summed E-state index contributed by atoms with van der Waals surface area (Å²) in [6.07, 6.45) is 2.91. The van der Waals surface area contributed by atoms with E-state index in [9.17, 15) is 9.59 Å². The number of aromatic nitrogens is 1. The summed E-state index contributed by atoms with van der Waals surface area (Å²) in [5.41, 5.74) is 1.77. The molecule has 1 aromatic heterocycles. The summed E-state index contributed by atoms with van der Waals surface area (Å²) in [5.74, 6) is 0.450. The molecule has 0 spiro atoms. The number of carbonyl (C=O) groups is 2. The van der Waals surface area contributed by atoms with E-state index < -0.39 is 0 Å². The maximum absolute atomic E-state index is 12.1. The van der Waals surface area contributed by atoms with E-state index in [2.05, 4.69) is 15.6 Å². The van der Waals surface area contributed by atoms with E-state index in [4.69, 9.17) is 9.15 Å². The topological polar surface area (TPSA) is 93.5 Å². The van der Waals surface area contributed by atoms with Gasteiger partial charge in [0.05, 0.1) is 25.4 Å². The first-order chi connectivity index (χ1) is 12.7. The van der Waals surface area contributed by atoms with Gasteiger partial charge in [0.15, 0.2) is 12.2 Å². The van der Waals surface area contributed by atoms with Crippen LogP contribution in [0.5, 0.6) is 5.75 Å². The third-order valence-corrected chi connectivity index (χ3v) is 3.63. The van der Waals surface area contributed by atoms with Crippen molar-refractivity contribution in [3.05, 3.63) is 66.7 Å². The van der Waals surface area contributed by atoms with E-state index in [0.717, 1.165) is 5.56 Å². The van der Waals surface area contributed by atoms with Crippen molar-refractivity contribution in [2.75, 3.05) is 19.0 Å². The number of ether oxygens (including phenoxy) is 1. The van der Waals surface area contributed by atoms with Gasteiger partial charge in [0.1, 0.15) is 5.75 Å². The molecular weight excluding hydrogens is 334 g/mol. The van der Waals surface area contributed by atoms with Gasteiger partial charge in [-0.1, -0.05) is 18.2 Å². The minimum atomic E-state index is -0.344. The molecule has 132 valence electrons. The second-order valence-electron chi connectivity index (χ2n) is 5.38. The predicted octanol–water partition coefficient (Wildman–Crippen LogP) is 2.72. The van der Waals surface area contributed by atoms with Crippen LogP contribution in [0.4, 0.5) is 5.69 Å². The Morgan fingerprint density at radius 2 is 1.96 bits per heavy atom. The lowest BCUT2D eigenvalue weighted by Crippen LogP contribution is -2.32. The Hall–Kier alpha value is -3.61. The van der Waals surface area contributed by atoms with Gasteiger partial charge in [0, 0.05) is 17.3 Å². The average molecular weight is 351 g/mol. The van der Waals surface area contributed by atoms with Crippen LogP contribution in [0, 0.1) is 0 Å². The molecule has 0 saturated carbocycles. The molecule has 1 heterocycles. The lowest BCUT2D eigenvalue weighted by molar-refractivity contribution is -0.115. The number of nitrogens with zero attached hydrogens (tertiary/aromatic N) is 1. The summed E-state index contributed by atoms with van der Waals surface area (Å²) in [6.45, 7) is -0.139. The zero-order valence-corrected chi connectivity index (χ0v) is 14.1. The minimum Gasteiger partial charge on any atom is -0.496 e. The molecule has 7 nitrogen and oxygen atoms in total. The Labute approximate surface area is 150 Å². The number of nitrogens with one attached hydrogen (secondary N) is 2. The van der Waals surface area contributed by atoms with Crippen LogP contribution in [0.25, 0.3) is 11.3 Å². The molecule has 2 amide bonds. The molecule has 2 N–H and O–H groups in total. The van der Waals surface area contributed by atoms with Crippen molar-refractivity contribution in [1.82, 2.24) is 10.3 Å². The zero-order chi connectivity index (χ0) is 18.4. The maximum atomic E-state index is 12.1. The van der Waals surface area contributed by atoms with Crippen LogP contribution >= 0.6 is 0 Å². The number of benzene rings is 2. The summed E-state index contributed by atoms with van der Waals surface area (Å²) in [6, 6.07) is 13.9. The van der Waals surface area contributed by atoms with Crippen LogP contribution in [0.15, 0.2) is 65.5 Å². The molecule has 0 fully saturated rings. The first-order valence-corrected chi connectivity index (χ1v) is 7.87. The molecule has 0 saturated heterocycles. The van der Waals surface area contributed by atoms with Crippen molar-refractivity contribution in [3.63, 3.8) is 0 Å². The van der Waals surface area contributed by atoms with Gasteiger partial charge < -0.3 is 19.8 Å². The third kappa shape index (κ3) is 4.07. The second kappa shape index (κ2) is 7.98. The maximum Gasteiger partial charge on any atom is 0.251 e. The van der Waals surface area contributed by atoms with E-state index in [1.807, 2.05) is 6.07 Å². The van der Waals surface area contributed by atoms with Gasteiger partial charge in [-0.3, -0.25) is 9.59 Å². The highest BCUT2D eigenvalue weighted by Gasteiger charge is 2.12. The van der Waals surface area contributed by atoms with E-state index >= 15 is 0 Å². The molecular formula is C19H17N3O4. The zero-order valence-electron chi connectivity index (χ0n) is 14.1. The van der Waals surface area contributed by atoms with Crippen LogP contribution in [-0.2, 0) is 4.79 Å². The van der Waals surface area contributed by atoms with E-state index in [1.165, 1.54) is 13.5 Å². The lowest BCUT2D eigenvalue weighted by atomic mass is 10.1. The molecule has 2 aromatic carbocycles. The standard InChI is InChI=1S/C19H17N3O4/c1-25-16-9-14(7-8-15(16)17-10-20-12-26-17)22-18(23)11-21-19(24)13-5-3-2-4-6-13/h2-10,12H,11H2,1H3,(H,21,24)(H,22,23). The van der Waals surface area contributed by atoms with Gasteiger partial charge in [-0.05, 0) is 24.3 Å². The van der Waals surface area contributed by atoms with Crippen molar-refractivity contribution >= 4 is 17.5 Å². The fourth-order valence-electron chi connectivity index (χ4n) is 2.38. The van der Waals surface area contributed by atoms with E-state index in [1.54, 1.807) is 48.7 Å². The van der Waals surface area contributed by atoms with E-state index in [0.29, 0.717) is 22.8 Å². The fraction of sp³-hybridized carbons (Fsp3) is 0.105. The molecule has 0 aliphatic heterocycles. The van der Waals surface area contributed by atoms with Gasteiger partial charge >= 0.3 is 0 Å². The van der Waals surface area contributed by atoms with Crippen LogP contribution in [-0.4, -0.2) is 30.5 Å². The van der Waals surface area contributed by atoms with Crippen LogP contribution < -0.4 is 15.4 Å². The van der Waals surface area contributed by atoms with Crippen molar-refractivity contribution in [2.24, 2.45) is 0 Å². The highest BCUT2D eigenvalue weighted by molar-refractivity contribution is 5.99. The normalized spacial score (nSPS) is 10.2. The van der Waals surface area contributed by atoms with Gasteiger partial charge in [0.2, 0.25) is 5.91 Å². The number of oxazole rings is 1. The average Bonchev–Trinajstić information content (AvgIpc) is 3.21. The number of amides is 2. The first-order valence-electron chi connectivity index (χ1n) is 7.87. The van der Waals surface area contributed by atoms with Crippen molar-refractivity contribution in [1.29, 1.82) is 0 Å². The Balaban J connectivity index is 1.61. The van der Waals surface area contributed by atoms with Gasteiger partial charge in [-0.25, -0.2) is 4.98 Å². The highest BCUT2D eigenvalue weighted by atomic mass is 16.5.